The van der Waals surface area contributed by atoms with Gasteiger partial charge in [-0.05, 0) is 0 Å². The van der Waals surface area contributed by atoms with E-state index in [4.69, 9.17) is 80.5 Å². The van der Waals surface area contributed by atoms with Crippen molar-refractivity contribution in [1.29, 1.82) is 0 Å². The predicted molar refractivity (Wildman–Crippen MR) is 314 cm³/mol. The third-order valence-electron chi connectivity index (χ3n) is 19.2. The Balaban J connectivity index is 0.945. The van der Waals surface area contributed by atoms with Gasteiger partial charge in [0.15, 0.2) is 56.5 Å². The number of hydrogen-bond donors (Lipinski definition) is 25. The summed E-state index contributed by atoms with van der Waals surface area (Å²) in [5.41, 5.74) is 0.194. The second-order valence-electron chi connectivity index (χ2n) is 26.5. The lowest BCUT2D eigenvalue weighted by Crippen LogP contribution is -2.68. The number of hydrogen-bond acceptors (Lipinski definition) is 45. The average Bonchev–Trinajstić information content (AvgIpc) is 0.783. The molecule has 0 bridgehead atoms. The Morgan fingerprint density at radius 1 is 0.385 bits per heavy atom. The maximum absolute atomic E-state index is 13.1. The molecule has 1 aromatic rings. The summed E-state index contributed by atoms with van der Waals surface area (Å²) in [6.45, 7) is -7.23. The number of rotatable bonds is 25. The highest BCUT2D eigenvalue weighted by Gasteiger charge is 2.59. The molecule has 0 aliphatic carbocycles. The summed E-state index contributed by atoms with van der Waals surface area (Å²) in [5, 5.41) is 283. The molecule has 42 atom stereocenters. The Bertz CT molecular complexity index is 2820. The SMILES string of the molecule is CC(=O)N(Cc1cn(C)nn1)[C@H]1O[C@H](CO)[C@@H](O[C@@H]2OC(CO[C@@H]3OC[C@H](O)[C@H](O)C3O[C@@H]3OC(CO)[C@H](O)[C@H](O)C3O)[C@H](O[C@H]3O[C@H](CO[C@@H]4OC[C@H](O)C(O)C4O[C@@H]4OC(CO)[C@H](O)[C@H](O)C4O)[C@@H](O[C@@H]4OC(CO[C@@H]5OC[C@H](O)[C@H](O)C5O)[C@H](O)[C@H](O)C4O)C(O)C3O)[C@H](O)C2O)C(O)C1O. The molecule has 0 radical (unpaired) electrons. The van der Waals surface area contributed by atoms with Crippen LogP contribution in [0.25, 0.3) is 0 Å². The average molecular weight is 1520 g/mol. The molecule has 25 N–H and O–H groups in total. The Labute approximate surface area is 587 Å². The third kappa shape index (κ3) is 17.9. The molecule has 1 aromatic heterocycles. The van der Waals surface area contributed by atoms with Gasteiger partial charge < -0.3 is 213 Å². The summed E-state index contributed by atoms with van der Waals surface area (Å²) in [4.78, 5) is 14.0. The van der Waals surface area contributed by atoms with Crippen LogP contribution in [0.2, 0.25) is 0 Å². The monoisotopic (exact) mass is 1520 g/mol. The van der Waals surface area contributed by atoms with E-state index in [0.29, 0.717) is 0 Å². The third-order valence-corrected chi connectivity index (χ3v) is 19.2. The minimum absolute atomic E-state index is 0.194. The Morgan fingerprint density at radius 3 is 1.12 bits per heavy atom. The fourth-order valence-corrected chi connectivity index (χ4v) is 13.1. The first-order valence-corrected chi connectivity index (χ1v) is 33.1. The summed E-state index contributed by atoms with van der Waals surface area (Å²) in [5.74, 6) is -0.725. The Kier molecular flexibility index (Phi) is 28.8. The van der Waals surface area contributed by atoms with Crippen molar-refractivity contribution in [2.75, 3.05) is 59.5 Å². The highest BCUT2D eigenvalue weighted by Crippen LogP contribution is 2.38. The quantitative estimate of drug-likeness (QED) is 0.0432. The van der Waals surface area contributed by atoms with Crippen LogP contribution < -0.4 is 0 Å². The maximum atomic E-state index is 13.1. The van der Waals surface area contributed by atoms with Crippen LogP contribution in [-0.4, -0.2) is 471 Å². The first-order valence-electron chi connectivity index (χ1n) is 33.1. The molecule has 10 rings (SSSR count). The van der Waals surface area contributed by atoms with E-state index in [1.54, 1.807) is 0 Å². The zero-order chi connectivity index (χ0) is 75.8. The highest BCUT2D eigenvalue weighted by molar-refractivity contribution is 5.73. The second kappa shape index (κ2) is 36.0. The van der Waals surface area contributed by atoms with Crippen molar-refractivity contribution < 1.29 is 213 Å². The molecule has 47 heteroatoms. The van der Waals surface area contributed by atoms with Crippen LogP contribution in [0.3, 0.4) is 0 Å². The standard InChI is InChI=1S/C57H94N4O43/c1-14(65)61(4-15-3-60(2)59-58-15)49-37(81)34(78)44(21(7-64)94-49)100-54-42(86)35(79)46(24(98-54)13-93-57-48(27(71)18(68)10-90-57)104-52-40(84)32(76)29(73)20(6-63)96-52)102-55-43(87)36(80)45(101-53-41(85)33(77)30(74)22(97-53)11-91-50-38(82)25(69)16(66)8-88-50)23(99-55)12-92-56-47(26(70)17(67)9-89-56)103-51-39(83)31(75)28(72)19(5-62)95-51/h3,16-57,62-64,66-87H,4-13H2,1-2H3/t16-,17-,18-,19?,20?,21+,22?,23+,24?,25-,26?,27-,28-,29-,30-,31-,32-,33-,34?,35+,36?,37?,38?,39?,40?,41?,42?,43?,44+,45+,46-,47?,48?,49-,50-,51-,52-,53-,54-,55+,56-,57-/m0/s1. The van der Waals surface area contributed by atoms with E-state index in [1.165, 1.54) is 17.9 Å². The van der Waals surface area contributed by atoms with Gasteiger partial charge in [-0.2, -0.15) is 0 Å². The molecule has 47 nitrogen and oxygen atoms in total. The number of aliphatic hydroxyl groups is 25. The summed E-state index contributed by atoms with van der Waals surface area (Å²) in [6.07, 6.45) is -83.6. The normalized spacial score (nSPS) is 49.8. The lowest BCUT2D eigenvalue weighted by atomic mass is 9.95. The molecule has 10 heterocycles. The molecule has 9 aliphatic heterocycles. The van der Waals surface area contributed by atoms with Crippen molar-refractivity contribution in [1.82, 2.24) is 19.9 Å². The molecular weight excluding hydrogens is 1430 g/mol. The molecular formula is C57H94N4O43. The number of aliphatic hydroxyl groups excluding tert-OH is 25. The van der Waals surface area contributed by atoms with E-state index < -0.39 is 323 Å². The number of amides is 1. The van der Waals surface area contributed by atoms with Gasteiger partial charge in [0.25, 0.3) is 0 Å². The lowest BCUT2D eigenvalue weighted by Gasteiger charge is -2.50. The van der Waals surface area contributed by atoms with Gasteiger partial charge in [-0.25, -0.2) is 0 Å². The zero-order valence-electron chi connectivity index (χ0n) is 55.2. The van der Waals surface area contributed by atoms with E-state index in [0.717, 1.165) is 11.8 Å². The molecule has 0 spiro atoms. The van der Waals surface area contributed by atoms with Gasteiger partial charge in [0, 0.05) is 20.2 Å². The summed E-state index contributed by atoms with van der Waals surface area (Å²) in [6, 6.07) is 0. The van der Waals surface area contributed by atoms with Crippen LogP contribution in [0.4, 0.5) is 0 Å². The van der Waals surface area contributed by atoms with Crippen LogP contribution >= 0.6 is 0 Å². The minimum Gasteiger partial charge on any atom is -0.394 e. The van der Waals surface area contributed by atoms with E-state index in [2.05, 4.69) is 10.3 Å². The van der Waals surface area contributed by atoms with Gasteiger partial charge >= 0.3 is 0 Å². The molecule has 16 unspecified atom stereocenters. The van der Waals surface area contributed by atoms with Crippen LogP contribution in [0, 0.1) is 0 Å². The van der Waals surface area contributed by atoms with Crippen LogP contribution in [0.15, 0.2) is 6.20 Å². The smallest absolute Gasteiger partial charge is 0.221 e. The van der Waals surface area contributed by atoms with Crippen molar-refractivity contribution in [2.24, 2.45) is 7.05 Å². The number of carbonyl (C=O) groups is 1. The Morgan fingerprint density at radius 2 is 0.712 bits per heavy atom. The van der Waals surface area contributed by atoms with Crippen molar-refractivity contribution in [3.63, 3.8) is 0 Å². The first-order chi connectivity index (χ1) is 49.3. The fraction of sp³-hybridized carbons (Fsp3) is 0.947. The van der Waals surface area contributed by atoms with Gasteiger partial charge in [-0.3, -0.25) is 9.48 Å². The van der Waals surface area contributed by atoms with Gasteiger partial charge in [0.05, 0.1) is 66.0 Å². The van der Waals surface area contributed by atoms with Gasteiger partial charge in [-0.1, -0.05) is 5.21 Å². The molecule has 9 saturated heterocycles. The fourth-order valence-electron chi connectivity index (χ4n) is 13.1. The van der Waals surface area contributed by atoms with Gasteiger partial charge in [-0.15, -0.1) is 5.10 Å². The minimum atomic E-state index is -2.50. The summed E-state index contributed by atoms with van der Waals surface area (Å²) >= 11 is 0. The first kappa shape index (κ1) is 83.4. The van der Waals surface area contributed by atoms with E-state index in [-0.39, 0.29) is 12.2 Å². The molecule has 9 fully saturated rings. The Hall–Kier alpha value is -3.07. The molecule has 0 saturated carbocycles. The topological polar surface area (TPSA) is 714 Å². The van der Waals surface area contributed by atoms with Crippen molar-refractivity contribution in [3.05, 3.63) is 11.9 Å². The van der Waals surface area contributed by atoms with Crippen molar-refractivity contribution in [3.8, 4) is 0 Å². The molecule has 9 aliphatic rings. The van der Waals surface area contributed by atoms with Crippen molar-refractivity contribution in [2.45, 2.75) is 271 Å². The number of ether oxygens (including phenoxy) is 17. The van der Waals surface area contributed by atoms with E-state index in [1.807, 2.05) is 0 Å². The number of aromatic nitrogens is 3. The lowest BCUT2D eigenvalue weighted by molar-refractivity contribution is -0.396. The van der Waals surface area contributed by atoms with E-state index in [9.17, 15) is 132 Å². The molecule has 0 aromatic carbocycles. The van der Waals surface area contributed by atoms with Crippen molar-refractivity contribution >= 4 is 5.91 Å². The predicted octanol–water partition coefficient (Wildman–Crippen LogP) is -18.5. The van der Waals surface area contributed by atoms with E-state index >= 15 is 0 Å². The second-order valence-corrected chi connectivity index (χ2v) is 26.5. The summed E-state index contributed by atoms with van der Waals surface area (Å²) < 4.78 is 100. The number of aryl methyl sites for hydroxylation is 1. The highest BCUT2D eigenvalue weighted by atomic mass is 16.8. The maximum Gasteiger partial charge on any atom is 0.221 e. The van der Waals surface area contributed by atoms with Gasteiger partial charge in [0.2, 0.25) is 5.91 Å². The molecule has 1 amide bonds. The zero-order valence-corrected chi connectivity index (χ0v) is 55.2. The van der Waals surface area contributed by atoms with Crippen LogP contribution in [0.1, 0.15) is 12.6 Å². The number of carbonyl (C=O) groups excluding carboxylic acids is 1. The molecule has 600 valence electrons. The van der Waals surface area contributed by atoms with Crippen LogP contribution in [0.5, 0.6) is 0 Å². The van der Waals surface area contributed by atoms with Gasteiger partial charge in [0.1, 0.15) is 207 Å². The molecule has 104 heavy (non-hydrogen) atoms. The number of nitrogens with zero attached hydrogens (tertiary/aromatic N) is 4. The summed E-state index contributed by atoms with van der Waals surface area (Å²) in [7, 11) is 1.53. The van der Waals surface area contributed by atoms with Crippen LogP contribution in [-0.2, 0) is 98.9 Å². The largest absolute Gasteiger partial charge is 0.394 e.